The molecule has 0 unspecified atom stereocenters. The lowest BCUT2D eigenvalue weighted by Gasteiger charge is -2.25. The van der Waals surface area contributed by atoms with Crippen LogP contribution in [-0.2, 0) is 25.7 Å². The minimum absolute atomic E-state index is 0.0360. The summed E-state index contributed by atoms with van der Waals surface area (Å²) in [4.78, 5) is 48.2. The van der Waals surface area contributed by atoms with Crippen LogP contribution in [-0.4, -0.2) is 33.7 Å². The van der Waals surface area contributed by atoms with Gasteiger partial charge < -0.3 is 18.3 Å². The maximum absolute atomic E-state index is 12.7. The minimum atomic E-state index is -0.898. The van der Waals surface area contributed by atoms with E-state index < -0.39 is 27.8 Å². The Balaban J connectivity index is 1.92. The van der Waals surface area contributed by atoms with E-state index in [1.807, 2.05) is 0 Å². The van der Waals surface area contributed by atoms with Crippen LogP contribution in [0.4, 0.5) is 4.79 Å². The quantitative estimate of drug-likeness (QED) is 0.430. The monoisotopic (exact) mass is 460 g/mol. The number of esters is 1. The molecule has 2 rings (SSSR count). The summed E-state index contributed by atoms with van der Waals surface area (Å²) in [5.41, 5.74) is 0. The first kappa shape index (κ1) is 24.6. The van der Waals surface area contributed by atoms with Gasteiger partial charge in [0, 0.05) is 12.2 Å². The molecule has 1 atom stereocenters. The van der Waals surface area contributed by atoms with Crippen LogP contribution < -0.4 is 5.82 Å². The zero-order valence-corrected chi connectivity index (χ0v) is 19.1. The van der Waals surface area contributed by atoms with Crippen LogP contribution in [0.5, 0.6) is 0 Å². The van der Waals surface area contributed by atoms with Gasteiger partial charge in [-0.05, 0) is 58.2 Å². The van der Waals surface area contributed by atoms with Crippen LogP contribution in [0.15, 0.2) is 13.6 Å². The molecule has 1 aliphatic rings. The van der Waals surface area contributed by atoms with Crippen LogP contribution in [0.2, 0.25) is 0 Å². The normalized spacial score (nSPS) is 16.1. The number of hydrogen-bond acceptors (Lipinski definition) is 10. The standard InChI is InChI=1S/C20H28O8S2/c1-12-15(28-18(23)26-12)10-25-19(24)30-11-13(9-16(21)20(2,3)29)17(22)27-14-7-5-4-6-8-14/h13-14,29H,4-11H2,1-3H3/t13-/m0/s1. The lowest BCUT2D eigenvalue weighted by molar-refractivity contribution is -0.156. The third kappa shape index (κ3) is 7.86. The molecule has 1 heterocycles. The highest BCUT2D eigenvalue weighted by atomic mass is 32.2. The summed E-state index contributed by atoms with van der Waals surface area (Å²) in [6.45, 7) is 4.57. The van der Waals surface area contributed by atoms with E-state index in [1.54, 1.807) is 13.8 Å². The number of aryl methyl sites for hydroxylation is 1. The van der Waals surface area contributed by atoms with Crippen LogP contribution >= 0.6 is 24.4 Å². The molecule has 1 aliphatic carbocycles. The average molecular weight is 461 g/mol. The number of carbonyl (C=O) groups excluding carboxylic acids is 3. The van der Waals surface area contributed by atoms with Crippen molar-refractivity contribution in [3.05, 3.63) is 22.1 Å². The highest BCUT2D eigenvalue weighted by Crippen LogP contribution is 2.26. The smallest absolute Gasteiger partial charge is 0.462 e. The molecule has 1 fully saturated rings. The first-order chi connectivity index (χ1) is 14.1. The van der Waals surface area contributed by atoms with Gasteiger partial charge in [0.05, 0.1) is 10.7 Å². The minimum Gasteiger partial charge on any atom is -0.462 e. The Bertz CT molecular complexity index is 798. The predicted octanol–water partition coefficient (Wildman–Crippen LogP) is 4.07. The van der Waals surface area contributed by atoms with Crippen molar-refractivity contribution in [2.45, 2.75) is 76.8 Å². The lowest BCUT2D eigenvalue weighted by atomic mass is 9.95. The van der Waals surface area contributed by atoms with E-state index in [2.05, 4.69) is 12.6 Å². The average Bonchev–Trinajstić information content (AvgIpc) is 3.00. The summed E-state index contributed by atoms with van der Waals surface area (Å²) in [5.74, 6) is -1.95. The van der Waals surface area contributed by atoms with Crippen molar-refractivity contribution in [1.82, 2.24) is 0 Å². The van der Waals surface area contributed by atoms with Gasteiger partial charge in [0.2, 0.25) is 0 Å². The first-order valence-electron chi connectivity index (χ1n) is 9.91. The molecule has 168 valence electrons. The molecule has 8 nitrogen and oxygen atoms in total. The van der Waals surface area contributed by atoms with Gasteiger partial charge in [-0.3, -0.25) is 9.59 Å². The fourth-order valence-electron chi connectivity index (χ4n) is 2.97. The van der Waals surface area contributed by atoms with Crippen LogP contribution in [0.25, 0.3) is 0 Å². The summed E-state index contributed by atoms with van der Waals surface area (Å²) in [6, 6.07) is 0. The molecule has 1 aromatic heterocycles. The summed E-state index contributed by atoms with van der Waals surface area (Å²) < 4.78 is 19.2. The second kappa shape index (κ2) is 11.1. The second-order valence-corrected chi connectivity index (χ2v) is 9.94. The molecule has 0 aliphatic heterocycles. The highest BCUT2D eigenvalue weighted by molar-refractivity contribution is 8.13. The van der Waals surface area contributed by atoms with E-state index in [9.17, 15) is 19.2 Å². The van der Waals surface area contributed by atoms with Crippen molar-refractivity contribution in [3.63, 3.8) is 0 Å². The summed E-state index contributed by atoms with van der Waals surface area (Å²) >= 11 is 5.04. The molecule has 0 saturated heterocycles. The molecule has 0 radical (unpaired) electrons. The largest absolute Gasteiger partial charge is 0.519 e. The van der Waals surface area contributed by atoms with Crippen molar-refractivity contribution < 1.29 is 32.7 Å². The van der Waals surface area contributed by atoms with Gasteiger partial charge in [0.25, 0.3) is 0 Å². The molecule has 1 saturated carbocycles. The molecule has 0 N–H and O–H groups in total. The lowest BCUT2D eigenvalue weighted by Crippen LogP contribution is -2.33. The highest BCUT2D eigenvalue weighted by Gasteiger charge is 2.32. The zero-order chi connectivity index (χ0) is 22.3. The molecular weight excluding hydrogens is 432 g/mol. The van der Waals surface area contributed by atoms with Crippen LogP contribution in [0, 0.1) is 12.8 Å². The van der Waals surface area contributed by atoms with Gasteiger partial charge in [-0.2, -0.15) is 12.6 Å². The summed E-state index contributed by atoms with van der Waals surface area (Å²) in [5, 5.41) is -0.661. The zero-order valence-electron chi connectivity index (χ0n) is 17.4. The number of ether oxygens (including phenoxy) is 2. The third-order valence-electron chi connectivity index (χ3n) is 4.84. The predicted molar refractivity (Wildman–Crippen MR) is 114 cm³/mol. The van der Waals surface area contributed by atoms with Gasteiger partial charge in [0.15, 0.2) is 18.1 Å². The number of ketones is 1. The van der Waals surface area contributed by atoms with E-state index in [0.717, 1.165) is 43.9 Å². The fourth-order valence-corrected chi connectivity index (χ4v) is 3.79. The molecule has 0 aromatic carbocycles. The van der Waals surface area contributed by atoms with Crippen molar-refractivity contribution in [3.8, 4) is 0 Å². The van der Waals surface area contributed by atoms with Gasteiger partial charge in [-0.1, -0.05) is 6.42 Å². The van der Waals surface area contributed by atoms with Gasteiger partial charge >= 0.3 is 17.1 Å². The van der Waals surface area contributed by atoms with Crippen molar-refractivity contribution >= 4 is 41.4 Å². The van der Waals surface area contributed by atoms with E-state index in [4.69, 9.17) is 18.3 Å². The Morgan fingerprint density at radius 3 is 2.43 bits per heavy atom. The molecule has 0 spiro atoms. The topological polar surface area (TPSA) is 113 Å². The van der Waals surface area contributed by atoms with E-state index >= 15 is 0 Å². The molecule has 0 bridgehead atoms. The Labute approximate surface area is 184 Å². The van der Waals surface area contributed by atoms with E-state index in [-0.39, 0.29) is 42.2 Å². The Kier molecular flexibility index (Phi) is 9.09. The van der Waals surface area contributed by atoms with Crippen molar-refractivity contribution in [2.24, 2.45) is 5.92 Å². The third-order valence-corrected chi connectivity index (χ3v) is 6.01. The number of hydrogen-bond donors (Lipinski definition) is 1. The number of thioether (sulfide) groups is 1. The van der Waals surface area contributed by atoms with Crippen molar-refractivity contribution in [2.75, 3.05) is 5.75 Å². The number of carbonyl (C=O) groups is 3. The van der Waals surface area contributed by atoms with Crippen molar-refractivity contribution in [1.29, 1.82) is 0 Å². The second-order valence-electron chi connectivity index (χ2n) is 7.86. The van der Waals surface area contributed by atoms with Crippen LogP contribution in [0.1, 0.15) is 63.9 Å². The molecule has 1 aromatic rings. The molecule has 30 heavy (non-hydrogen) atoms. The maximum atomic E-state index is 12.7. The maximum Gasteiger partial charge on any atom is 0.519 e. The molecular formula is C20H28O8S2. The molecule has 10 heteroatoms. The Hall–Kier alpha value is -1.68. The first-order valence-corrected chi connectivity index (χ1v) is 11.3. The number of thiol groups is 1. The van der Waals surface area contributed by atoms with E-state index in [0.29, 0.717) is 0 Å². The number of rotatable bonds is 9. The van der Waals surface area contributed by atoms with Gasteiger partial charge in [-0.25, -0.2) is 9.59 Å². The Morgan fingerprint density at radius 1 is 1.20 bits per heavy atom. The van der Waals surface area contributed by atoms with Gasteiger partial charge in [-0.15, -0.1) is 0 Å². The number of Topliss-reactive ketones (excluding diaryl/α,β-unsaturated/α-hetero) is 1. The Morgan fingerprint density at radius 2 is 1.87 bits per heavy atom. The summed E-state index contributed by atoms with van der Waals surface area (Å²) in [6.07, 6.45) is 4.56. The fraction of sp³-hybridized carbons (Fsp3) is 0.700. The molecule has 0 amide bonds. The van der Waals surface area contributed by atoms with Gasteiger partial charge in [0.1, 0.15) is 11.9 Å². The van der Waals surface area contributed by atoms with Crippen LogP contribution in [0.3, 0.4) is 0 Å². The SMILES string of the molecule is Cc1oc(=O)oc1COC(=O)SC[C@H](CC(=O)C(C)(C)S)C(=O)OC1CCCCC1. The summed E-state index contributed by atoms with van der Waals surface area (Å²) in [7, 11) is 0. The van der Waals surface area contributed by atoms with E-state index in [1.165, 1.54) is 6.92 Å².